The van der Waals surface area contributed by atoms with Gasteiger partial charge in [0.05, 0.1) is 12.8 Å². The zero-order valence-corrected chi connectivity index (χ0v) is 9.56. The van der Waals surface area contributed by atoms with Gasteiger partial charge in [-0.3, -0.25) is 4.68 Å². The number of esters is 1. The van der Waals surface area contributed by atoms with Gasteiger partial charge < -0.3 is 15.0 Å². The van der Waals surface area contributed by atoms with Gasteiger partial charge in [-0.2, -0.15) is 5.10 Å². The smallest absolute Gasteiger partial charge is 0.360 e. The summed E-state index contributed by atoms with van der Waals surface area (Å²) in [5, 5.41) is 7.41. The van der Waals surface area contributed by atoms with Crippen LogP contribution in [0.4, 0.5) is 5.69 Å². The Morgan fingerprint density at radius 3 is 2.81 bits per heavy atom. The monoisotopic (exact) mass is 224 g/mol. The van der Waals surface area contributed by atoms with Crippen molar-refractivity contribution >= 4 is 11.7 Å². The second-order valence-electron chi connectivity index (χ2n) is 3.77. The highest BCUT2D eigenvalue weighted by Crippen LogP contribution is 2.20. The quantitative estimate of drug-likeness (QED) is 0.694. The molecule has 2 rings (SSSR count). The van der Waals surface area contributed by atoms with E-state index < -0.39 is 0 Å². The van der Waals surface area contributed by atoms with Crippen LogP contribution in [0.1, 0.15) is 10.5 Å². The molecule has 0 aliphatic carbocycles. The molecule has 1 aliphatic heterocycles. The maximum absolute atomic E-state index is 11.5. The number of hydrogen-bond donors (Lipinski definition) is 1. The van der Waals surface area contributed by atoms with Crippen molar-refractivity contribution in [1.82, 2.24) is 15.1 Å². The highest BCUT2D eigenvalue weighted by molar-refractivity contribution is 5.93. The first kappa shape index (κ1) is 10.9. The molecule has 0 amide bonds. The molecule has 1 aromatic rings. The predicted molar refractivity (Wildman–Crippen MR) is 59.6 cm³/mol. The molecule has 1 aromatic heterocycles. The highest BCUT2D eigenvalue weighted by Gasteiger charge is 2.22. The van der Waals surface area contributed by atoms with Gasteiger partial charge in [-0.15, -0.1) is 0 Å². The van der Waals surface area contributed by atoms with Gasteiger partial charge in [0.25, 0.3) is 0 Å². The minimum absolute atomic E-state index is 0.380. The first-order valence-corrected chi connectivity index (χ1v) is 5.30. The van der Waals surface area contributed by atoms with E-state index in [1.54, 1.807) is 11.7 Å². The summed E-state index contributed by atoms with van der Waals surface area (Å²) >= 11 is 0. The number of methoxy groups -OCH3 is 1. The second-order valence-corrected chi connectivity index (χ2v) is 3.77. The molecule has 6 heteroatoms. The van der Waals surface area contributed by atoms with Gasteiger partial charge in [-0.1, -0.05) is 0 Å². The van der Waals surface area contributed by atoms with E-state index >= 15 is 0 Å². The summed E-state index contributed by atoms with van der Waals surface area (Å²) in [6.07, 6.45) is 1.86. The Morgan fingerprint density at radius 2 is 2.19 bits per heavy atom. The molecule has 1 aliphatic rings. The third-order valence-electron chi connectivity index (χ3n) is 2.65. The molecule has 6 nitrogen and oxygen atoms in total. The summed E-state index contributed by atoms with van der Waals surface area (Å²) in [6.45, 7) is 3.62. The minimum atomic E-state index is -0.380. The number of piperazine rings is 1. The molecule has 1 saturated heterocycles. The maximum atomic E-state index is 11.5. The zero-order chi connectivity index (χ0) is 11.5. The Morgan fingerprint density at radius 1 is 1.50 bits per heavy atom. The molecule has 0 saturated carbocycles. The number of nitrogens with one attached hydrogen (secondary N) is 1. The second kappa shape index (κ2) is 4.52. The number of anilines is 1. The van der Waals surface area contributed by atoms with Gasteiger partial charge in [0.15, 0.2) is 5.69 Å². The lowest BCUT2D eigenvalue weighted by molar-refractivity contribution is 0.0593. The van der Waals surface area contributed by atoms with Gasteiger partial charge in [0.1, 0.15) is 0 Å². The number of ether oxygens (including phenoxy) is 1. The van der Waals surface area contributed by atoms with Crippen molar-refractivity contribution in [3.05, 3.63) is 11.9 Å². The topological polar surface area (TPSA) is 59.4 Å². The molecule has 1 N–H and O–H groups in total. The van der Waals surface area contributed by atoms with E-state index in [1.165, 1.54) is 7.11 Å². The molecule has 0 atom stereocenters. The Labute approximate surface area is 94.2 Å². The number of carbonyl (C=O) groups excluding carboxylic acids is 1. The van der Waals surface area contributed by atoms with Gasteiger partial charge >= 0.3 is 5.97 Å². The van der Waals surface area contributed by atoms with Crippen LogP contribution in [-0.2, 0) is 11.8 Å². The van der Waals surface area contributed by atoms with Crippen LogP contribution in [0.2, 0.25) is 0 Å². The highest BCUT2D eigenvalue weighted by atomic mass is 16.5. The number of aryl methyl sites for hydroxylation is 1. The molecule has 0 aromatic carbocycles. The molecule has 88 valence electrons. The first-order valence-electron chi connectivity index (χ1n) is 5.30. The minimum Gasteiger partial charge on any atom is -0.464 e. The third kappa shape index (κ3) is 2.01. The Balaban J connectivity index is 2.27. The molecule has 1 fully saturated rings. The number of rotatable bonds is 2. The summed E-state index contributed by atoms with van der Waals surface area (Å²) in [4.78, 5) is 13.7. The summed E-state index contributed by atoms with van der Waals surface area (Å²) in [5.41, 5.74) is 1.25. The Kier molecular flexibility index (Phi) is 3.09. The lowest BCUT2D eigenvalue weighted by Crippen LogP contribution is -2.43. The molecule has 2 heterocycles. The van der Waals surface area contributed by atoms with Crippen molar-refractivity contribution in [3.8, 4) is 0 Å². The van der Waals surface area contributed by atoms with Crippen molar-refractivity contribution in [3.63, 3.8) is 0 Å². The molecular weight excluding hydrogens is 208 g/mol. The number of hydrogen-bond acceptors (Lipinski definition) is 5. The van der Waals surface area contributed by atoms with Crippen molar-refractivity contribution < 1.29 is 9.53 Å². The molecule has 16 heavy (non-hydrogen) atoms. The summed E-state index contributed by atoms with van der Waals surface area (Å²) in [6, 6.07) is 0. The standard InChI is InChI=1S/C10H16N4O2/c1-13-7-8(9(12-13)10(15)16-2)14-5-3-11-4-6-14/h7,11H,3-6H2,1-2H3. The van der Waals surface area contributed by atoms with Crippen LogP contribution in [0.15, 0.2) is 6.20 Å². The average molecular weight is 224 g/mol. The molecule has 0 spiro atoms. The van der Waals surface area contributed by atoms with E-state index in [2.05, 4.69) is 15.3 Å². The van der Waals surface area contributed by atoms with E-state index in [9.17, 15) is 4.79 Å². The Hall–Kier alpha value is -1.56. The summed E-state index contributed by atoms with van der Waals surface area (Å²) < 4.78 is 6.37. The van der Waals surface area contributed by atoms with E-state index in [4.69, 9.17) is 4.74 Å². The van der Waals surface area contributed by atoms with E-state index in [-0.39, 0.29) is 5.97 Å². The fourth-order valence-electron chi connectivity index (χ4n) is 1.86. The predicted octanol–water partition coefficient (Wildman–Crippen LogP) is -0.384. The third-order valence-corrected chi connectivity index (χ3v) is 2.65. The Bertz CT molecular complexity index is 382. The first-order chi connectivity index (χ1) is 7.72. The number of carbonyl (C=O) groups is 1. The number of nitrogens with zero attached hydrogens (tertiary/aromatic N) is 3. The van der Waals surface area contributed by atoms with Crippen LogP contribution in [0.5, 0.6) is 0 Å². The van der Waals surface area contributed by atoms with Crippen LogP contribution >= 0.6 is 0 Å². The molecule has 0 radical (unpaired) electrons. The molecule has 0 unspecified atom stereocenters. The van der Waals surface area contributed by atoms with Crippen molar-refractivity contribution in [2.24, 2.45) is 7.05 Å². The van der Waals surface area contributed by atoms with Crippen molar-refractivity contribution in [1.29, 1.82) is 0 Å². The largest absolute Gasteiger partial charge is 0.464 e. The summed E-state index contributed by atoms with van der Waals surface area (Å²) in [5.74, 6) is -0.380. The SMILES string of the molecule is COC(=O)c1nn(C)cc1N1CCNCC1. The zero-order valence-electron chi connectivity index (χ0n) is 9.56. The van der Waals surface area contributed by atoms with Crippen molar-refractivity contribution in [2.75, 3.05) is 38.2 Å². The maximum Gasteiger partial charge on any atom is 0.360 e. The van der Waals surface area contributed by atoms with Crippen LogP contribution < -0.4 is 10.2 Å². The number of aromatic nitrogens is 2. The lowest BCUT2D eigenvalue weighted by atomic mass is 10.3. The molecule has 0 bridgehead atoms. The molecular formula is C10H16N4O2. The van der Waals surface area contributed by atoms with Crippen LogP contribution in [-0.4, -0.2) is 49.0 Å². The van der Waals surface area contributed by atoms with Gasteiger partial charge in [-0.25, -0.2) is 4.79 Å². The fraction of sp³-hybridized carbons (Fsp3) is 0.600. The van der Waals surface area contributed by atoms with Crippen LogP contribution in [0.25, 0.3) is 0 Å². The lowest BCUT2D eigenvalue weighted by Gasteiger charge is -2.28. The van der Waals surface area contributed by atoms with Crippen LogP contribution in [0.3, 0.4) is 0 Å². The fourth-order valence-corrected chi connectivity index (χ4v) is 1.86. The van der Waals surface area contributed by atoms with Crippen molar-refractivity contribution in [2.45, 2.75) is 0 Å². The van der Waals surface area contributed by atoms with E-state index in [1.807, 2.05) is 6.20 Å². The van der Waals surface area contributed by atoms with Gasteiger partial charge in [-0.05, 0) is 0 Å². The normalized spacial score (nSPS) is 16.2. The van der Waals surface area contributed by atoms with E-state index in [0.29, 0.717) is 5.69 Å². The van der Waals surface area contributed by atoms with Gasteiger partial charge in [0, 0.05) is 39.4 Å². The average Bonchev–Trinajstić information content (AvgIpc) is 2.71. The summed E-state index contributed by atoms with van der Waals surface area (Å²) in [7, 11) is 3.18. The van der Waals surface area contributed by atoms with Crippen LogP contribution in [0, 0.1) is 0 Å². The van der Waals surface area contributed by atoms with E-state index in [0.717, 1.165) is 31.9 Å². The van der Waals surface area contributed by atoms with Gasteiger partial charge in [0.2, 0.25) is 0 Å².